The number of rotatable bonds is 5. The number of benzene rings is 1. The Hall–Kier alpha value is -1.49. The molecule has 0 fully saturated rings. The second-order valence-electron chi connectivity index (χ2n) is 4.42. The molecule has 0 aliphatic carbocycles. The van der Waals surface area contributed by atoms with Crippen LogP contribution in [0.2, 0.25) is 0 Å². The molecule has 102 valence electrons. The van der Waals surface area contributed by atoms with E-state index in [9.17, 15) is 0 Å². The van der Waals surface area contributed by atoms with Crippen LogP contribution in [0.1, 0.15) is 20.8 Å². The zero-order valence-corrected chi connectivity index (χ0v) is 12.6. The first-order valence-corrected chi connectivity index (χ1v) is 7.28. The smallest absolute Gasteiger partial charge is 0.191 e. The van der Waals surface area contributed by atoms with Gasteiger partial charge in [0.2, 0.25) is 0 Å². The largest absolute Gasteiger partial charge is 0.496 e. The van der Waals surface area contributed by atoms with E-state index in [2.05, 4.69) is 35.5 Å². The zero-order valence-electron chi connectivity index (χ0n) is 11.8. The molecule has 0 saturated carbocycles. The van der Waals surface area contributed by atoms with Gasteiger partial charge in [-0.05, 0) is 19.1 Å². The van der Waals surface area contributed by atoms with Gasteiger partial charge in [-0.15, -0.1) is 10.2 Å². The molecule has 0 spiro atoms. The summed E-state index contributed by atoms with van der Waals surface area (Å²) in [6.45, 7) is 7.26. The van der Waals surface area contributed by atoms with E-state index in [4.69, 9.17) is 4.74 Å². The Labute approximate surface area is 118 Å². The van der Waals surface area contributed by atoms with Crippen LogP contribution >= 0.6 is 11.8 Å². The van der Waals surface area contributed by atoms with Crippen molar-refractivity contribution in [3.63, 3.8) is 0 Å². The second-order valence-corrected chi connectivity index (χ2v) is 5.96. The average molecular weight is 277 g/mol. The van der Waals surface area contributed by atoms with Gasteiger partial charge in [0, 0.05) is 11.8 Å². The Balaban J connectivity index is 2.47. The first-order chi connectivity index (χ1) is 9.17. The fourth-order valence-electron chi connectivity index (χ4n) is 1.90. The topological polar surface area (TPSA) is 39.9 Å². The molecule has 5 heteroatoms. The van der Waals surface area contributed by atoms with Crippen molar-refractivity contribution in [2.24, 2.45) is 0 Å². The highest BCUT2D eigenvalue weighted by molar-refractivity contribution is 7.99. The first-order valence-electron chi connectivity index (χ1n) is 6.40. The lowest BCUT2D eigenvalue weighted by Gasteiger charge is -2.11. The molecule has 1 aromatic carbocycles. The third-order valence-corrected chi connectivity index (χ3v) is 3.71. The van der Waals surface area contributed by atoms with E-state index in [1.807, 2.05) is 24.3 Å². The normalized spacial score (nSPS) is 11.0. The van der Waals surface area contributed by atoms with Gasteiger partial charge >= 0.3 is 0 Å². The van der Waals surface area contributed by atoms with Crippen molar-refractivity contribution in [1.29, 1.82) is 0 Å². The molecule has 2 rings (SSSR count). The van der Waals surface area contributed by atoms with E-state index in [0.717, 1.165) is 28.8 Å². The molecule has 0 bridgehead atoms. The molecule has 1 heterocycles. The van der Waals surface area contributed by atoms with Crippen molar-refractivity contribution >= 4 is 11.8 Å². The van der Waals surface area contributed by atoms with Crippen LogP contribution in [0, 0.1) is 0 Å². The molecule has 0 aliphatic heterocycles. The van der Waals surface area contributed by atoms with E-state index in [1.165, 1.54) is 0 Å². The molecule has 0 amide bonds. The summed E-state index contributed by atoms with van der Waals surface area (Å²) < 4.78 is 7.53. The van der Waals surface area contributed by atoms with Crippen LogP contribution in [-0.4, -0.2) is 27.1 Å². The van der Waals surface area contributed by atoms with Crippen molar-refractivity contribution in [3.8, 4) is 17.1 Å². The summed E-state index contributed by atoms with van der Waals surface area (Å²) in [5.41, 5.74) is 0.981. The lowest BCUT2D eigenvalue weighted by molar-refractivity contribution is 0.416. The molecular formula is C14H19N3OS. The van der Waals surface area contributed by atoms with E-state index in [-0.39, 0.29) is 0 Å². The number of methoxy groups -OCH3 is 1. The van der Waals surface area contributed by atoms with Gasteiger partial charge in [-0.25, -0.2) is 0 Å². The van der Waals surface area contributed by atoms with Crippen molar-refractivity contribution in [1.82, 2.24) is 14.8 Å². The molecule has 0 saturated heterocycles. The number of hydrogen-bond acceptors (Lipinski definition) is 4. The molecule has 2 aromatic rings. The molecule has 0 N–H and O–H groups in total. The summed E-state index contributed by atoms with van der Waals surface area (Å²) in [5.74, 6) is 1.69. The average Bonchev–Trinajstić information content (AvgIpc) is 2.80. The summed E-state index contributed by atoms with van der Waals surface area (Å²) >= 11 is 1.73. The van der Waals surface area contributed by atoms with Crippen molar-refractivity contribution < 1.29 is 4.74 Å². The fourth-order valence-corrected chi connectivity index (χ4v) is 2.75. The molecule has 19 heavy (non-hydrogen) atoms. The highest BCUT2D eigenvalue weighted by atomic mass is 32.2. The second kappa shape index (κ2) is 6.10. The monoisotopic (exact) mass is 277 g/mol. The summed E-state index contributed by atoms with van der Waals surface area (Å²) in [7, 11) is 1.68. The number of thioether (sulfide) groups is 1. The number of nitrogens with zero attached hydrogens (tertiary/aromatic N) is 3. The quantitative estimate of drug-likeness (QED) is 0.785. The fraction of sp³-hybridized carbons (Fsp3) is 0.429. The SMILES string of the molecule is CCn1c(SC(C)C)nnc1-c1ccccc1OC. The lowest BCUT2D eigenvalue weighted by Crippen LogP contribution is -2.02. The molecule has 0 unspecified atom stereocenters. The number of aromatic nitrogens is 3. The maximum absolute atomic E-state index is 5.40. The van der Waals surface area contributed by atoms with Gasteiger partial charge in [0.25, 0.3) is 0 Å². The number of para-hydroxylation sites is 1. The minimum absolute atomic E-state index is 0.486. The van der Waals surface area contributed by atoms with E-state index in [0.29, 0.717) is 5.25 Å². The van der Waals surface area contributed by atoms with E-state index >= 15 is 0 Å². The predicted molar refractivity (Wildman–Crippen MR) is 78.7 cm³/mol. The van der Waals surface area contributed by atoms with Crippen LogP contribution in [0.4, 0.5) is 0 Å². The molecule has 0 radical (unpaired) electrons. The van der Waals surface area contributed by atoms with Crippen LogP contribution < -0.4 is 4.74 Å². The molecule has 0 atom stereocenters. The minimum Gasteiger partial charge on any atom is -0.496 e. The molecule has 4 nitrogen and oxygen atoms in total. The Morgan fingerprint density at radius 2 is 2.00 bits per heavy atom. The molecular weight excluding hydrogens is 258 g/mol. The van der Waals surface area contributed by atoms with Gasteiger partial charge in [0.1, 0.15) is 5.75 Å². The summed E-state index contributed by atoms with van der Waals surface area (Å²) in [4.78, 5) is 0. The van der Waals surface area contributed by atoms with Gasteiger partial charge in [0.05, 0.1) is 12.7 Å². The van der Waals surface area contributed by atoms with Gasteiger partial charge in [-0.1, -0.05) is 37.7 Å². The third-order valence-electron chi connectivity index (χ3n) is 2.72. The highest BCUT2D eigenvalue weighted by Gasteiger charge is 2.16. The minimum atomic E-state index is 0.486. The predicted octanol–water partition coefficient (Wildman–Crippen LogP) is 3.47. The van der Waals surface area contributed by atoms with Crippen molar-refractivity contribution in [2.75, 3.05) is 7.11 Å². The summed E-state index contributed by atoms with van der Waals surface area (Å²) in [6.07, 6.45) is 0. The summed E-state index contributed by atoms with van der Waals surface area (Å²) in [5, 5.41) is 10.1. The zero-order chi connectivity index (χ0) is 13.8. The Morgan fingerprint density at radius 1 is 1.26 bits per heavy atom. The Bertz CT molecular complexity index is 551. The summed E-state index contributed by atoms with van der Waals surface area (Å²) in [6, 6.07) is 7.90. The van der Waals surface area contributed by atoms with E-state index < -0.39 is 0 Å². The number of ether oxygens (including phenoxy) is 1. The van der Waals surface area contributed by atoms with Gasteiger partial charge in [-0.2, -0.15) is 0 Å². The standard InChI is InChI=1S/C14H19N3OS/c1-5-17-13(15-16-14(17)19-10(2)3)11-8-6-7-9-12(11)18-4/h6-10H,5H2,1-4H3. The molecule has 0 aliphatic rings. The number of hydrogen-bond donors (Lipinski definition) is 0. The van der Waals surface area contributed by atoms with Gasteiger partial charge in [-0.3, -0.25) is 0 Å². The van der Waals surface area contributed by atoms with Crippen LogP contribution in [0.5, 0.6) is 5.75 Å². The highest BCUT2D eigenvalue weighted by Crippen LogP contribution is 2.31. The van der Waals surface area contributed by atoms with Crippen LogP contribution in [0.25, 0.3) is 11.4 Å². The maximum atomic E-state index is 5.40. The van der Waals surface area contributed by atoms with Gasteiger partial charge < -0.3 is 9.30 Å². The third kappa shape index (κ3) is 2.92. The van der Waals surface area contributed by atoms with E-state index in [1.54, 1.807) is 18.9 Å². The lowest BCUT2D eigenvalue weighted by atomic mass is 10.2. The van der Waals surface area contributed by atoms with Crippen molar-refractivity contribution in [3.05, 3.63) is 24.3 Å². The van der Waals surface area contributed by atoms with Crippen LogP contribution in [0.3, 0.4) is 0 Å². The Kier molecular flexibility index (Phi) is 4.47. The van der Waals surface area contributed by atoms with Crippen molar-refractivity contribution in [2.45, 2.75) is 37.7 Å². The van der Waals surface area contributed by atoms with Crippen LogP contribution in [-0.2, 0) is 6.54 Å². The van der Waals surface area contributed by atoms with Crippen LogP contribution in [0.15, 0.2) is 29.4 Å². The first kappa shape index (κ1) is 13.9. The molecule has 1 aromatic heterocycles. The van der Waals surface area contributed by atoms with Gasteiger partial charge in [0.15, 0.2) is 11.0 Å². The Morgan fingerprint density at radius 3 is 2.63 bits per heavy atom. The maximum Gasteiger partial charge on any atom is 0.191 e.